The molecule has 4 nitrogen and oxygen atoms in total. The number of rotatable bonds is 6. The van der Waals surface area contributed by atoms with Crippen LogP contribution in [-0.4, -0.2) is 40.2 Å². The molecular weight excluding hydrogens is 240 g/mol. The second-order valence-electron chi connectivity index (χ2n) is 5.33. The Morgan fingerprint density at radius 3 is 2.63 bits per heavy atom. The molecule has 19 heavy (non-hydrogen) atoms. The van der Waals surface area contributed by atoms with Gasteiger partial charge in [-0.1, -0.05) is 19.8 Å². The Balaban J connectivity index is 2.00. The van der Waals surface area contributed by atoms with E-state index in [9.17, 15) is 9.90 Å². The number of likely N-dealkylation sites (tertiary alicyclic amines) is 1. The van der Waals surface area contributed by atoms with Gasteiger partial charge in [-0.25, -0.2) is 4.79 Å². The molecule has 2 heterocycles. The minimum absolute atomic E-state index is 0.473. The van der Waals surface area contributed by atoms with Gasteiger partial charge in [0.1, 0.15) is 0 Å². The largest absolute Gasteiger partial charge is 0.478 e. The van der Waals surface area contributed by atoms with Gasteiger partial charge in [-0.2, -0.15) is 0 Å². The van der Waals surface area contributed by atoms with Gasteiger partial charge in [-0.3, -0.25) is 0 Å². The van der Waals surface area contributed by atoms with Crippen molar-refractivity contribution in [2.24, 2.45) is 0 Å². The monoisotopic (exact) mass is 264 g/mol. The zero-order valence-electron chi connectivity index (χ0n) is 11.8. The van der Waals surface area contributed by atoms with Crippen LogP contribution in [0.1, 0.15) is 48.7 Å². The summed E-state index contributed by atoms with van der Waals surface area (Å²) in [5.74, 6) is -0.805. The van der Waals surface area contributed by atoms with E-state index < -0.39 is 5.97 Å². The number of carboxylic acid groups (broad SMARTS) is 1. The van der Waals surface area contributed by atoms with E-state index in [1.807, 2.05) is 6.20 Å². The third-order valence-electron chi connectivity index (χ3n) is 3.90. The topological polar surface area (TPSA) is 45.5 Å². The van der Waals surface area contributed by atoms with E-state index in [2.05, 4.69) is 16.4 Å². The smallest absolute Gasteiger partial charge is 0.337 e. The Morgan fingerprint density at radius 2 is 2.00 bits per heavy atom. The number of aromatic carboxylic acids is 1. The van der Waals surface area contributed by atoms with E-state index in [4.69, 9.17) is 0 Å². The number of aromatic nitrogens is 1. The normalized spacial score (nSPS) is 16.7. The highest BCUT2D eigenvalue weighted by Crippen LogP contribution is 2.15. The van der Waals surface area contributed by atoms with Gasteiger partial charge in [-0.15, -0.1) is 0 Å². The zero-order valence-corrected chi connectivity index (χ0v) is 11.8. The van der Waals surface area contributed by atoms with Crippen molar-refractivity contribution in [3.8, 4) is 0 Å². The molecule has 1 saturated heterocycles. The van der Waals surface area contributed by atoms with Crippen LogP contribution in [0.3, 0.4) is 0 Å². The molecule has 1 aromatic rings. The molecule has 1 N–H and O–H groups in total. The van der Waals surface area contributed by atoms with Gasteiger partial charge < -0.3 is 14.6 Å². The third-order valence-corrected chi connectivity index (χ3v) is 3.90. The summed E-state index contributed by atoms with van der Waals surface area (Å²) in [6.45, 7) is 6.41. The van der Waals surface area contributed by atoms with Gasteiger partial charge in [0, 0.05) is 25.0 Å². The molecule has 0 spiro atoms. The molecule has 0 aromatic carbocycles. The fraction of sp³-hybridized carbons (Fsp3) is 0.667. The summed E-state index contributed by atoms with van der Waals surface area (Å²) < 4.78 is 2.13. The predicted octanol–water partition coefficient (Wildman–Crippen LogP) is 2.62. The van der Waals surface area contributed by atoms with E-state index in [0.29, 0.717) is 5.56 Å². The summed E-state index contributed by atoms with van der Waals surface area (Å²) in [5, 5.41) is 9.20. The lowest BCUT2D eigenvalue weighted by Gasteiger charge is -2.26. The predicted molar refractivity (Wildman–Crippen MR) is 75.7 cm³/mol. The van der Waals surface area contributed by atoms with E-state index in [0.717, 1.165) is 31.6 Å². The van der Waals surface area contributed by atoms with E-state index in [1.165, 1.54) is 32.4 Å². The van der Waals surface area contributed by atoms with Gasteiger partial charge in [-0.05, 0) is 38.4 Å². The molecule has 0 atom stereocenters. The molecule has 0 saturated carbocycles. The molecule has 0 radical (unpaired) electrons. The van der Waals surface area contributed by atoms with Crippen molar-refractivity contribution in [3.63, 3.8) is 0 Å². The van der Waals surface area contributed by atoms with Crippen molar-refractivity contribution < 1.29 is 9.90 Å². The second kappa shape index (κ2) is 6.75. The third kappa shape index (κ3) is 3.60. The summed E-state index contributed by atoms with van der Waals surface area (Å²) >= 11 is 0. The van der Waals surface area contributed by atoms with Crippen molar-refractivity contribution >= 4 is 5.97 Å². The second-order valence-corrected chi connectivity index (χ2v) is 5.33. The highest BCUT2D eigenvalue weighted by atomic mass is 16.4. The molecule has 1 aliphatic heterocycles. The highest BCUT2D eigenvalue weighted by Gasteiger charge is 2.15. The first-order chi connectivity index (χ1) is 9.22. The van der Waals surface area contributed by atoms with Crippen LogP contribution in [0.4, 0.5) is 0 Å². The fourth-order valence-electron chi connectivity index (χ4n) is 2.86. The SMILES string of the molecule is CCCc1c(C(=O)O)ccn1CCN1CCCCC1. The van der Waals surface area contributed by atoms with Gasteiger partial charge in [0.05, 0.1) is 5.56 Å². The minimum atomic E-state index is -0.805. The number of hydrogen-bond acceptors (Lipinski definition) is 2. The maximum Gasteiger partial charge on any atom is 0.337 e. The first kappa shape index (κ1) is 14.1. The quantitative estimate of drug-likeness (QED) is 0.859. The average molecular weight is 264 g/mol. The summed E-state index contributed by atoms with van der Waals surface area (Å²) in [6, 6.07) is 1.74. The molecule has 0 amide bonds. The van der Waals surface area contributed by atoms with E-state index in [-0.39, 0.29) is 0 Å². The number of hydrogen-bond donors (Lipinski definition) is 1. The molecule has 4 heteroatoms. The molecule has 1 fully saturated rings. The van der Waals surface area contributed by atoms with Crippen LogP contribution in [0.2, 0.25) is 0 Å². The maximum atomic E-state index is 11.2. The van der Waals surface area contributed by atoms with Crippen molar-refractivity contribution in [3.05, 3.63) is 23.5 Å². The van der Waals surface area contributed by atoms with Crippen LogP contribution in [0.25, 0.3) is 0 Å². The minimum Gasteiger partial charge on any atom is -0.478 e. The van der Waals surface area contributed by atoms with Gasteiger partial charge in [0.2, 0.25) is 0 Å². The van der Waals surface area contributed by atoms with Crippen LogP contribution in [0, 0.1) is 0 Å². The Bertz CT molecular complexity index is 420. The fourth-order valence-corrected chi connectivity index (χ4v) is 2.86. The van der Waals surface area contributed by atoms with Crippen LogP contribution >= 0.6 is 0 Å². The lowest BCUT2D eigenvalue weighted by Crippen LogP contribution is -2.32. The lowest BCUT2D eigenvalue weighted by atomic mass is 10.1. The number of carboxylic acids is 1. The van der Waals surface area contributed by atoms with Gasteiger partial charge in [0.15, 0.2) is 0 Å². The first-order valence-corrected chi connectivity index (χ1v) is 7.36. The Hall–Kier alpha value is -1.29. The molecule has 1 aromatic heterocycles. The van der Waals surface area contributed by atoms with Crippen molar-refractivity contribution in [1.82, 2.24) is 9.47 Å². The number of piperidine rings is 1. The molecule has 0 bridgehead atoms. The van der Waals surface area contributed by atoms with E-state index >= 15 is 0 Å². The van der Waals surface area contributed by atoms with Crippen molar-refractivity contribution in [1.29, 1.82) is 0 Å². The number of nitrogens with zero attached hydrogens (tertiary/aromatic N) is 2. The van der Waals surface area contributed by atoms with Crippen LogP contribution in [-0.2, 0) is 13.0 Å². The van der Waals surface area contributed by atoms with Gasteiger partial charge >= 0.3 is 5.97 Å². The molecular formula is C15H24N2O2. The average Bonchev–Trinajstić information content (AvgIpc) is 2.81. The summed E-state index contributed by atoms with van der Waals surface area (Å²) in [7, 11) is 0. The van der Waals surface area contributed by atoms with Crippen molar-refractivity contribution in [2.45, 2.75) is 45.6 Å². The molecule has 2 rings (SSSR count). The van der Waals surface area contributed by atoms with E-state index in [1.54, 1.807) is 6.07 Å². The molecule has 0 unspecified atom stereocenters. The molecule has 106 valence electrons. The Morgan fingerprint density at radius 1 is 1.26 bits per heavy atom. The van der Waals surface area contributed by atoms with Gasteiger partial charge in [0.25, 0.3) is 0 Å². The highest BCUT2D eigenvalue weighted by molar-refractivity contribution is 5.89. The molecule has 1 aliphatic rings. The summed E-state index contributed by atoms with van der Waals surface area (Å²) in [4.78, 5) is 13.7. The standard InChI is InChI=1S/C15H24N2O2/c1-2-6-14-13(15(18)19)7-10-17(14)12-11-16-8-4-3-5-9-16/h7,10H,2-6,8-9,11-12H2,1H3,(H,18,19). The Labute approximate surface area is 115 Å². The number of carbonyl (C=O) groups is 1. The van der Waals surface area contributed by atoms with Crippen molar-refractivity contribution in [2.75, 3.05) is 19.6 Å². The summed E-state index contributed by atoms with van der Waals surface area (Å²) in [6.07, 6.45) is 7.70. The zero-order chi connectivity index (χ0) is 13.7. The maximum absolute atomic E-state index is 11.2. The Kier molecular flexibility index (Phi) is 5.02. The lowest BCUT2D eigenvalue weighted by molar-refractivity contribution is 0.0695. The first-order valence-electron chi connectivity index (χ1n) is 7.36. The van der Waals surface area contributed by atoms with Crippen LogP contribution in [0.15, 0.2) is 12.3 Å². The summed E-state index contributed by atoms with van der Waals surface area (Å²) in [5.41, 5.74) is 1.45. The van der Waals surface area contributed by atoms with Crippen LogP contribution < -0.4 is 0 Å². The van der Waals surface area contributed by atoms with Crippen LogP contribution in [0.5, 0.6) is 0 Å². The molecule has 0 aliphatic carbocycles.